The lowest BCUT2D eigenvalue weighted by atomic mass is 9.93. The first-order valence-corrected chi connectivity index (χ1v) is 7.28. The Morgan fingerprint density at radius 3 is 2.24 bits per heavy atom. The molecule has 0 atom stereocenters. The van der Waals surface area contributed by atoms with Crippen molar-refractivity contribution >= 4 is 11.8 Å². The highest BCUT2D eigenvalue weighted by Gasteiger charge is 2.17. The normalized spacial score (nSPS) is 11.0. The minimum atomic E-state index is -0.954. The van der Waals surface area contributed by atoms with E-state index in [0.29, 0.717) is 5.56 Å². The van der Waals surface area contributed by atoms with E-state index in [4.69, 9.17) is 9.84 Å². The fourth-order valence-corrected chi connectivity index (χ4v) is 2.16. The number of hydrogen-bond acceptors (Lipinski definition) is 3. The first-order chi connectivity index (χ1) is 9.72. The van der Waals surface area contributed by atoms with Gasteiger partial charge in [0.1, 0.15) is 5.75 Å². The van der Waals surface area contributed by atoms with Crippen LogP contribution in [0.5, 0.6) is 5.75 Å². The molecule has 116 valence electrons. The molecular formula is C17H24O4. The molecule has 0 amide bonds. The fourth-order valence-electron chi connectivity index (χ4n) is 2.16. The van der Waals surface area contributed by atoms with Gasteiger partial charge in [-0.15, -0.1) is 0 Å². The zero-order chi connectivity index (χ0) is 16.2. The van der Waals surface area contributed by atoms with Crippen molar-refractivity contribution in [2.75, 3.05) is 0 Å². The third-order valence-electron chi connectivity index (χ3n) is 3.21. The summed E-state index contributed by atoms with van der Waals surface area (Å²) in [7, 11) is 0. The van der Waals surface area contributed by atoms with Gasteiger partial charge >= 0.3 is 5.97 Å². The smallest absolute Gasteiger partial charge is 0.303 e. The predicted molar refractivity (Wildman–Crippen MR) is 82.2 cm³/mol. The molecule has 21 heavy (non-hydrogen) atoms. The van der Waals surface area contributed by atoms with E-state index in [-0.39, 0.29) is 30.6 Å². The Bertz CT molecular complexity index is 530. The van der Waals surface area contributed by atoms with Crippen LogP contribution in [0.15, 0.2) is 12.1 Å². The third kappa shape index (κ3) is 4.88. The Hall–Kier alpha value is -1.84. The quantitative estimate of drug-likeness (QED) is 0.773. The maximum Gasteiger partial charge on any atom is 0.303 e. The van der Waals surface area contributed by atoms with Crippen molar-refractivity contribution in [3.05, 3.63) is 28.8 Å². The summed E-state index contributed by atoms with van der Waals surface area (Å²) in [5.41, 5.74) is 2.40. The average molecular weight is 292 g/mol. The van der Waals surface area contributed by atoms with Crippen LogP contribution in [0.25, 0.3) is 0 Å². The summed E-state index contributed by atoms with van der Waals surface area (Å²) in [4.78, 5) is 22.8. The molecule has 0 saturated heterocycles. The first-order valence-electron chi connectivity index (χ1n) is 7.28. The zero-order valence-corrected chi connectivity index (χ0v) is 13.4. The fraction of sp³-hybridized carbons (Fsp3) is 0.529. The van der Waals surface area contributed by atoms with Crippen molar-refractivity contribution in [2.45, 2.75) is 59.5 Å². The first kappa shape index (κ1) is 17.2. The number of ether oxygens (including phenoxy) is 1. The molecule has 1 rings (SSSR count). The van der Waals surface area contributed by atoms with Crippen LogP contribution < -0.4 is 4.74 Å². The van der Waals surface area contributed by atoms with E-state index in [2.05, 4.69) is 0 Å². The predicted octanol–water partition coefficient (Wildman–Crippen LogP) is 3.95. The summed E-state index contributed by atoms with van der Waals surface area (Å²) < 4.78 is 5.81. The van der Waals surface area contributed by atoms with Crippen LogP contribution in [0, 0.1) is 6.92 Å². The second-order valence-corrected chi connectivity index (χ2v) is 5.84. The molecule has 0 spiro atoms. The summed E-state index contributed by atoms with van der Waals surface area (Å²) in [5, 5.41) is 8.69. The van der Waals surface area contributed by atoms with Gasteiger partial charge in [-0.3, -0.25) is 9.59 Å². The molecule has 0 aliphatic rings. The van der Waals surface area contributed by atoms with Gasteiger partial charge in [-0.2, -0.15) is 0 Å². The number of ketones is 1. The second-order valence-electron chi connectivity index (χ2n) is 5.84. The van der Waals surface area contributed by atoms with E-state index in [0.717, 1.165) is 16.9 Å². The Morgan fingerprint density at radius 1 is 1.14 bits per heavy atom. The average Bonchev–Trinajstić information content (AvgIpc) is 2.34. The van der Waals surface area contributed by atoms with Crippen molar-refractivity contribution in [3.63, 3.8) is 0 Å². The maximum absolute atomic E-state index is 12.2. The molecule has 0 bridgehead atoms. The van der Waals surface area contributed by atoms with Gasteiger partial charge in [0.05, 0.1) is 12.5 Å². The number of aryl methyl sites for hydroxylation is 1. The largest absolute Gasteiger partial charge is 0.491 e. The van der Waals surface area contributed by atoms with Gasteiger partial charge in [0.25, 0.3) is 0 Å². The number of carboxylic acids is 1. The van der Waals surface area contributed by atoms with Crippen molar-refractivity contribution in [2.24, 2.45) is 0 Å². The van der Waals surface area contributed by atoms with Gasteiger partial charge in [-0.25, -0.2) is 0 Å². The molecule has 4 heteroatoms. The highest BCUT2D eigenvalue weighted by Crippen LogP contribution is 2.31. The molecule has 0 aliphatic carbocycles. The SMILES string of the molecule is Cc1cc(OC(C)C)c(C(C)C)cc1C(=O)CCC(=O)O. The van der Waals surface area contributed by atoms with Crippen molar-refractivity contribution in [1.29, 1.82) is 0 Å². The molecule has 0 aliphatic heterocycles. The number of carboxylic acid groups (broad SMARTS) is 1. The molecule has 0 heterocycles. The number of Topliss-reactive ketones (excluding diaryl/α,β-unsaturated/α-hetero) is 1. The van der Waals surface area contributed by atoms with E-state index in [1.807, 2.05) is 46.8 Å². The minimum Gasteiger partial charge on any atom is -0.491 e. The number of rotatable bonds is 7. The summed E-state index contributed by atoms with van der Waals surface area (Å²) in [6.45, 7) is 9.87. The van der Waals surface area contributed by atoms with Crippen LogP contribution in [0.3, 0.4) is 0 Å². The zero-order valence-electron chi connectivity index (χ0n) is 13.4. The lowest BCUT2D eigenvalue weighted by molar-refractivity contribution is -0.136. The number of carbonyl (C=O) groups is 2. The Balaban J connectivity index is 3.14. The second kappa shape index (κ2) is 7.25. The standard InChI is InChI=1S/C17H24O4/c1-10(2)13-9-14(15(18)6-7-17(19)20)12(5)8-16(13)21-11(3)4/h8-11H,6-7H2,1-5H3,(H,19,20). The molecule has 0 fully saturated rings. The number of benzene rings is 1. The van der Waals surface area contributed by atoms with E-state index >= 15 is 0 Å². The Morgan fingerprint density at radius 2 is 1.76 bits per heavy atom. The van der Waals surface area contributed by atoms with Crippen LogP contribution in [0.1, 0.15) is 67.9 Å². The molecule has 1 N–H and O–H groups in total. The van der Waals surface area contributed by atoms with Gasteiger partial charge in [0.2, 0.25) is 0 Å². The van der Waals surface area contributed by atoms with Crippen LogP contribution in [-0.2, 0) is 4.79 Å². The van der Waals surface area contributed by atoms with E-state index in [1.54, 1.807) is 0 Å². The van der Waals surface area contributed by atoms with Gasteiger partial charge < -0.3 is 9.84 Å². The summed E-state index contributed by atoms with van der Waals surface area (Å²) in [5.74, 6) is -0.0598. The van der Waals surface area contributed by atoms with Gasteiger partial charge in [-0.1, -0.05) is 13.8 Å². The van der Waals surface area contributed by atoms with Gasteiger partial charge in [0.15, 0.2) is 5.78 Å². The van der Waals surface area contributed by atoms with Crippen LogP contribution in [0.4, 0.5) is 0 Å². The van der Waals surface area contributed by atoms with Crippen LogP contribution >= 0.6 is 0 Å². The van der Waals surface area contributed by atoms with Gasteiger partial charge in [0, 0.05) is 12.0 Å². The Kier molecular flexibility index (Phi) is 5.94. The Labute approximate surface area is 126 Å². The third-order valence-corrected chi connectivity index (χ3v) is 3.21. The lowest BCUT2D eigenvalue weighted by Crippen LogP contribution is -2.11. The van der Waals surface area contributed by atoms with Gasteiger partial charge in [-0.05, 0) is 49.9 Å². The topological polar surface area (TPSA) is 63.6 Å². The molecule has 0 saturated carbocycles. The van der Waals surface area contributed by atoms with Crippen molar-refractivity contribution in [3.8, 4) is 5.75 Å². The van der Waals surface area contributed by atoms with E-state index in [1.165, 1.54) is 0 Å². The molecule has 0 unspecified atom stereocenters. The van der Waals surface area contributed by atoms with Crippen LogP contribution in [-0.4, -0.2) is 23.0 Å². The van der Waals surface area contributed by atoms with E-state index < -0.39 is 5.97 Å². The maximum atomic E-state index is 12.2. The monoisotopic (exact) mass is 292 g/mol. The molecular weight excluding hydrogens is 268 g/mol. The summed E-state index contributed by atoms with van der Waals surface area (Å²) >= 11 is 0. The molecule has 1 aromatic carbocycles. The molecule has 0 radical (unpaired) electrons. The summed E-state index contributed by atoms with van der Waals surface area (Å²) in [6, 6.07) is 3.73. The number of carbonyl (C=O) groups excluding carboxylic acids is 1. The number of hydrogen-bond donors (Lipinski definition) is 1. The summed E-state index contributed by atoms with van der Waals surface area (Å²) in [6.07, 6.45) is -0.0482. The minimum absolute atomic E-state index is 0.0259. The molecule has 4 nitrogen and oxygen atoms in total. The number of aliphatic carboxylic acids is 1. The molecule has 0 aromatic heterocycles. The molecule has 1 aromatic rings. The van der Waals surface area contributed by atoms with Crippen molar-refractivity contribution < 1.29 is 19.4 Å². The lowest BCUT2D eigenvalue weighted by Gasteiger charge is -2.19. The van der Waals surface area contributed by atoms with Crippen molar-refractivity contribution in [1.82, 2.24) is 0 Å². The highest BCUT2D eigenvalue weighted by atomic mass is 16.5. The highest BCUT2D eigenvalue weighted by molar-refractivity contribution is 5.99. The van der Waals surface area contributed by atoms with E-state index in [9.17, 15) is 9.59 Å². The van der Waals surface area contributed by atoms with Crippen LogP contribution in [0.2, 0.25) is 0 Å².